The van der Waals surface area contributed by atoms with Crippen LogP contribution in [-0.4, -0.2) is 13.2 Å². The lowest BCUT2D eigenvalue weighted by Crippen LogP contribution is -2.31. The van der Waals surface area contributed by atoms with Crippen LogP contribution < -0.4 is 10.1 Å². The highest BCUT2D eigenvalue weighted by Gasteiger charge is 2.19. The zero-order valence-electron chi connectivity index (χ0n) is 13.5. The summed E-state index contributed by atoms with van der Waals surface area (Å²) in [5.41, 5.74) is 1.32. The third-order valence-corrected chi connectivity index (χ3v) is 5.45. The normalized spacial score (nSPS) is 24.4. The molecule has 0 radical (unpaired) electrons. The molecule has 3 unspecified atom stereocenters. The number of hydrogen-bond acceptors (Lipinski definition) is 2. The van der Waals surface area contributed by atoms with Gasteiger partial charge in [-0.15, -0.1) is 0 Å². The summed E-state index contributed by atoms with van der Waals surface area (Å²) in [7, 11) is 1.71. The van der Waals surface area contributed by atoms with Crippen molar-refractivity contribution in [2.75, 3.05) is 7.11 Å². The number of nitrogens with one attached hydrogen (secondary N) is 1. The van der Waals surface area contributed by atoms with E-state index in [1.165, 1.54) is 44.1 Å². The van der Waals surface area contributed by atoms with E-state index < -0.39 is 0 Å². The van der Waals surface area contributed by atoms with Gasteiger partial charge in [0.2, 0.25) is 0 Å². The molecule has 3 atom stereocenters. The van der Waals surface area contributed by atoms with Gasteiger partial charge in [-0.25, -0.2) is 0 Å². The predicted octanol–water partition coefficient (Wildman–Crippen LogP) is 5.47. The second-order valence-electron chi connectivity index (χ2n) is 6.26. The molecule has 1 aliphatic rings. The van der Waals surface area contributed by atoms with Gasteiger partial charge in [0.15, 0.2) is 0 Å². The molecule has 1 saturated carbocycles. The molecule has 1 aliphatic carbocycles. The summed E-state index contributed by atoms with van der Waals surface area (Å²) in [5, 5.41) is 3.82. The van der Waals surface area contributed by atoms with Crippen LogP contribution in [0.5, 0.6) is 5.75 Å². The van der Waals surface area contributed by atoms with Crippen LogP contribution in [0.4, 0.5) is 0 Å². The minimum atomic E-state index is 0.385. The Morgan fingerprint density at radius 1 is 1.29 bits per heavy atom. The maximum absolute atomic E-state index is 5.30. The van der Waals surface area contributed by atoms with Crippen LogP contribution >= 0.6 is 15.9 Å². The molecule has 2 rings (SSSR count). The van der Waals surface area contributed by atoms with E-state index in [4.69, 9.17) is 4.74 Å². The van der Waals surface area contributed by atoms with Crippen LogP contribution in [0.2, 0.25) is 0 Å². The lowest BCUT2D eigenvalue weighted by molar-refractivity contribution is 0.398. The molecular formula is C18H28BrNO. The van der Waals surface area contributed by atoms with Crippen LogP contribution in [0, 0.1) is 5.92 Å². The Bertz CT molecular complexity index is 449. The van der Waals surface area contributed by atoms with Gasteiger partial charge in [0.25, 0.3) is 0 Å². The SMILES string of the molecule is CCC1CCCC(NC(C)c2ccc(OC)c(Br)c2)CC1. The maximum atomic E-state index is 5.30. The quantitative estimate of drug-likeness (QED) is 0.708. The molecule has 1 N–H and O–H groups in total. The summed E-state index contributed by atoms with van der Waals surface area (Å²) in [4.78, 5) is 0. The summed E-state index contributed by atoms with van der Waals surface area (Å²) in [5.74, 6) is 1.84. The first kappa shape index (κ1) is 16.8. The number of ether oxygens (including phenoxy) is 1. The molecule has 3 heteroatoms. The molecule has 118 valence electrons. The molecule has 0 aromatic heterocycles. The fourth-order valence-corrected chi connectivity index (χ4v) is 3.91. The van der Waals surface area contributed by atoms with Crippen molar-refractivity contribution in [1.82, 2.24) is 5.32 Å². The van der Waals surface area contributed by atoms with E-state index in [1.54, 1.807) is 7.11 Å². The monoisotopic (exact) mass is 353 g/mol. The summed E-state index contributed by atoms with van der Waals surface area (Å²) < 4.78 is 6.33. The lowest BCUT2D eigenvalue weighted by atomic mass is 9.97. The van der Waals surface area contributed by atoms with E-state index in [2.05, 4.69) is 47.2 Å². The zero-order chi connectivity index (χ0) is 15.2. The predicted molar refractivity (Wildman–Crippen MR) is 92.9 cm³/mol. The van der Waals surface area contributed by atoms with E-state index in [0.29, 0.717) is 12.1 Å². The maximum Gasteiger partial charge on any atom is 0.133 e. The van der Waals surface area contributed by atoms with Gasteiger partial charge in [0, 0.05) is 12.1 Å². The third kappa shape index (κ3) is 4.72. The average Bonchev–Trinajstić information content (AvgIpc) is 2.72. The molecule has 21 heavy (non-hydrogen) atoms. The zero-order valence-corrected chi connectivity index (χ0v) is 15.1. The molecule has 0 bridgehead atoms. The summed E-state index contributed by atoms with van der Waals surface area (Å²) in [6.45, 7) is 4.59. The van der Waals surface area contributed by atoms with E-state index in [1.807, 2.05) is 6.07 Å². The van der Waals surface area contributed by atoms with Crippen molar-refractivity contribution >= 4 is 15.9 Å². The molecule has 0 aliphatic heterocycles. The Morgan fingerprint density at radius 2 is 2.10 bits per heavy atom. The minimum Gasteiger partial charge on any atom is -0.496 e. The van der Waals surface area contributed by atoms with Gasteiger partial charge in [-0.05, 0) is 65.7 Å². The molecule has 0 amide bonds. The molecule has 2 nitrogen and oxygen atoms in total. The number of rotatable bonds is 5. The Morgan fingerprint density at radius 3 is 2.76 bits per heavy atom. The van der Waals surface area contributed by atoms with Crippen LogP contribution in [0.1, 0.15) is 64.0 Å². The first-order valence-electron chi connectivity index (χ1n) is 8.23. The summed E-state index contributed by atoms with van der Waals surface area (Å²) >= 11 is 3.58. The van der Waals surface area contributed by atoms with Crippen LogP contribution in [0.3, 0.4) is 0 Å². The highest BCUT2D eigenvalue weighted by atomic mass is 79.9. The van der Waals surface area contributed by atoms with E-state index in [9.17, 15) is 0 Å². The molecule has 1 aromatic carbocycles. The van der Waals surface area contributed by atoms with Crippen molar-refractivity contribution < 1.29 is 4.74 Å². The number of methoxy groups -OCH3 is 1. The fraction of sp³-hybridized carbons (Fsp3) is 0.667. The largest absolute Gasteiger partial charge is 0.496 e. The number of benzene rings is 1. The van der Waals surface area contributed by atoms with Crippen molar-refractivity contribution in [3.63, 3.8) is 0 Å². The van der Waals surface area contributed by atoms with Gasteiger partial charge in [-0.1, -0.05) is 32.3 Å². The molecule has 1 fully saturated rings. The van der Waals surface area contributed by atoms with Gasteiger partial charge in [0.1, 0.15) is 5.75 Å². The van der Waals surface area contributed by atoms with Crippen LogP contribution in [0.15, 0.2) is 22.7 Å². The minimum absolute atomic E-state index is 0.385. The average molecular weight is 354 g/mol. The number of hydrogen-bond donors (Lipinski definition) is 1. The Hall–Kier alpha value is -0.540. The Labute approximate surface area is 137 Å². The molecule has 1 aromatic rings. The molecule has 0 heterocycles. The van der Waals surface area contributed by atoms with Crippen molar-refractivity contribution in [1.29, 1.82) is 0 Å². The Balaban J connectivity index is 1.94. The van der Waals surface area contributed by atoms with E-state index in [0.717, 1.165) is 16.1 Å². The molecule has 0 spiro atoms. The Kier molecular flexibility index (Phi) is 6.56. The number of halogens is 1. The summed E-state index contributed by atoms with van der Waals surface area (Å²) in [6.07, 6.45) is 8.14. The second kappa shape index (κ2) is 8.19. The van der Waals surface area contributed by atoms with Crippen molar-refractivity contribution in [3.8, 4) is 5.75 Å². The standard InChI is InChI=1S/C18H28BrNO/c1-4-14-6-5-7-16(10-8-14)20-13(2)15-9-11-18(21-3)17(19)12-15/h9,11-14,16,20H,4-8,10H2,1-3H3. The fourth-order valence-electron chi connectivity index (χ4n) is 3.36. The highest BCUT2D eigenvalue weighted by molar-refractivity contribution is 9.10. The molecule has 0 saturated heterocycles. The van der Waals surface area contributed by atoms with E-state index >= 15 is 0 Å². The van der Waals surface area contributed by atoms with Gasteiger partial charge >= 0.3 is 0 Å². The lowest BCUT2D eigenvalue weighted by Gasteiger charge is -2.23. The van der Waals surface area contributed by atoms with Gasteiger partial charge < -0.3 is 10.1 Å². The molecular weight excluding hydrogens is 326 g/mol. The van der Waals surface area contributed by atoms with Gasteiger partial charge in [-0.3, -0.25) is 0 Å². The van der Waals surface area contributed by atoms with Crippen molar-refractivity contribution in [2.24, 2.45) is 5.92 Å². The van der Waals surface area contributed by atoms with E-state index in [-0.39, 0.29) is 0 Å². The summed E-state index contributed by atoms with van der Waals surface area (Å²) in [6, 6.07) is 7.42. The van der Waals surface area contributed by atoms with Crippen LogP contribution in [0.25, 0.3) is 0 Å². The van der Waals surface area contributed by atoms with Gasteiger partial charge in [-0.2, -0.15) is 0 Å². The smallest absolute Gasteiger partial charge is 0.133 e. The van der Waals surface area contributed by atoms with Gasteiger partial charge in [0.05, 0.1) is 11.6 Å². The third-order valence-electron chi connectivity index (χ3n) is 4.83. The first-order chi connectivity index (χ1) is 10.1. The topological polar surface area (TPSA) is 21.3 Å². The van der Waals surface area contributed by atoms with Crippen molar-refractivity contribution in [3.05, 3.63) is 28.2 Å². The van der Waals surface area contributed by atoms with Crippen LogP contribution in [-0.2, 0) is 0 Å². The second-order valence-corrected chi connectivity index (χ2v) is 7.12. The van der Waals surface area contributed by atoms with Crippen molar-refractivity contribution in [2.45, 2.75) is 64.5 Å². The first-order valence-corrected chi connectivity index (χ1v) is 9.02. The highest BCUT2D eigenvalue weighted by Crippen LogP contribution is 2.30.